The van der Waals surface area contributed by atoms with Gasteiger partial charge in [-0.15, -0.1) is 10.2 Å². The van der Waals surface area contributed by atoms with Crippen LogP contribution in [0.25, 0.3) is 0 Å². The molecule has 0 aliphatic rings. The van der Waals surface area contributed by atoms with Crippen LogP contribution < -0.4 is 10.1 Å². The van der Waals surface area contributed by atoms with Gasteiger partial charge in [0, 0.05) is 11.3 Å². The van der Waals surface area contributed by atoms with Gasteiger partial charge < -0.3 is 10.1 Å². The van der Waals surface area contributed by atoms with Crippen LogP contribution in [0, 0.1) is 0 Å². The van der Waals surface area contributed by atoms with Crippen molar-refractivity contribution in [2.45, 2.75) is 37.6 Å². The van der Waals surface area contributed by atoms with Gasteiger partial charge in [0.1, 0.15) is 5.75 Å². The number of thioether (sulfide) groups is 1. The van der Waals surface area contributed by atoms with Crippen molar-refractivity contribution in [3.8, 4) is 5.75 Å². The van der Waals surface area contributed by atoms with Gasteiger partial charge >= 0.3 is 0 Å². The number of para-hydroxylation sites is 1. The smallest absolute Gasteiger partial charge is 0.206 e. The van der Waals surface area contributed by atoms with Crippen LogP contribution in [0.4, 0.5) is 5.13 Å². The summed E-state index contributed by atoms with van der Waals surface area (Å²) in [5.74, 6) is 1.39. The average molecular weight is 351 g/mol. The quantitative estimate of drug-likeness (QED) is 0.460. The molecule has 2 rings (SSSR count). The van der Waals surface area contributed by atoms with Crippen molar-refractivity contribution in [3.05, 3.63) is 29.8 Å². The van der Waals surface area contributed by atoms with E-state index in [4.69, 9.17) is 4.74 Å². The Hall–Kier alpha value is -1.60. The van der Waals surface area contributed by atoms with Crippen LogP contribution in [0.2, 0.25) is 0 Å². The summed E-state index contributed by atoms with van der Waals surface area (Å²) < 4.78 is 6.61. The first-order chi connectivity index (χ1) is 10.8. The number of benzene rings is 1. The summed E-state index contributed by atoms with van der Waals surface area (Å²) in [6, 6.07) is 7.30. The third kappa shape index (κ3) is 5.84. The molecule has 0 bridgehead atoms. The van der Waals surface area contributed by atoms with Crippen LogP contribution >= 0.6 is 23.1 Å². The summed E-state index contributed by atoms with van der Waals surface area (Å²) >= 11 is 3.13. The number of anilines is 1. The molecule has 1 heterocycles. The van der Waals surface area contributed by atoms with E-state index in [0.29, 0.717) is 17.9 Å². The summed E-state index contributed by atoms with van der Waals surface area (Å²) in [7, 11) is 0. The van der Waals surface area contributed by atoms with Crippen molar-refractivity contribution in [2.24, 2.45) is 0 Å². The fourth-order valence-electron chi connectivity index (χ4n) is 1.80. The van der Waals surface area contributed by atoms with E-state index in [1.54, 1.807) is 24.8 Å². The van der Waals surface area contributed by atoms with Crippen molar-refractivity contribution >= 4 is 34.0 Å². The predicted octanol–water partition coefficient (Wildman–Crippen LogP) is 4.12. The summed E-state index contributed by atoms with van der Waals surface area (Å²) in [4.78, 5) is 11.5. The Morgan fingerprint density at radius 1 is 1.30 bits per heavy atom. The van der Waals surface area contributed by atoms with Gasteiger partial charge in [-0.1, -0.05) is 35.2 Å². The minimum absolute atomic E-state index is 0.00951. The molecule has 1 N–H and O–H groups in total. The molecule has 0 spiro atoms. The van der Waals surface area contributed by atoms with E-state index in [9.17, 15) is 4.79 Å². The molecule has 0 aliphatic heterocycles. The highest BCUT2D eigenvalue weighted by Crippen LogP contribution is 2.27. The van der Waals surface area contributed by atoms with Crippen LogP contribution in [0.3, 0.4) is 0 Å². The van der Waals surface area contributed by atoms with Crippen molar-refractivity contribution in [2.75, 3.05) is 17.7 Å². The van der Waals surface area contributed by atoms with Crippen molar-refractivity contribution in [1.29, 1.82) is 0 Å². The second kappa shape index (κ2) is 7.79. The molecule has 124 valence electrons. The van der Waals surface area contributed by atoms with E-state index in [1.807, 2.05) is 18.2 Å². The average Bonchev–Trinajstić information content (AvgIpc) is 2.89. The minimum atomic E-state index is -0.0268. The lowest BCUT2D eigenvalue weighted by molar-refractivity contribution is 0.101. The molecule has 0 saturated carbocycles. The molecule has 0 unspecified atom stereocenters. The van der Waals surface area contributed by atoms with Crippen LogP contribution in [0.15, 0.2) is 28.6 Å². The molecule has 1 aromatic heterocycles. The molecular formula is C16H21N3O2S2. The lowest BCUT2D eigenvalue weighted by atomic mass is 10.1. The Kier molecular flexibility index (Phi) is 6.01. The van der Waals surface area contributed by atoms with Crippen LogP contribution in [-0.4, -0.2) is 33.9 Å². The predicted molar refractivity (Wildman–Crippen MR) is 96.0 cm³/mol. The van der Waals surface area contributed by atoms with E-state index in [-0.39, 0.29) is 11.3 Å². The monoisotopic (exact) mass is 351 g/mol. The molecule has 23 heavy (non-hydrogen) atoms. The summed E-state index contributed by atoms with van der Waals surface area (Å²) in [5, 5.41) is 12.4. The van der Waals surface area contributed by atoms with Crippen LogP contribution in [0.5, 0.6) is 5.75 Å². The SMILES string of the molecule is CC(=O)c1ccccc1OCCSc1nnc(NC(C)(C)C)s1. The van der Waals surface area contributed by atoms with Crippen molar-refractivity contribution < 1.29 is 9.53 Å². The van der Waals surface area contributed by atoms with Gasteiger partial charge in [0.05, 0.1) is 12.2 Å². The fourth-order valence-corrected chi connectivity index (χ4v) is 3.65. The van der Waals surface area contributed by atoms with E-state index in [0.717, 1.165) is 15.2 Å². The summed E-state index contributed by atoms with van der Waals surface area (Å²) in [6.07, 6.45) is 0. The van der Waals surface area contributed by atoms with Gasteiger partial charge in [0.25, 0.3) is 0 Å². The maximum Gasteiger partial charge on any atom is 0.206 e. The summed E-state index contributed by atoms with van der Waals surface area (Å²) in [6.45, 7) is 8.31. The zero-order valence-corrected chi connectivity index (χ0v) is 15.4. The maximum absolute atomic E-state index is 11.5. The topological polar surface area (TPSA) is 64.1 Å². The van der Waals surface area contributed by atoms with Gasteiger partial charge in [-0.2, -0.15) is 0 Å². The number of hydrogen-bond donors (Lipinski definition) is 1. The van der Waals surface area contributed by atoms with E-state index in [2.05, 4.69) is 36.3 Å². The zero-order valence-electron chi connectivity index (χ0n) is 13.8. The largest absolute Gasteiger partial charge is 0.492 e. The minimum Gasteiger partial charge on any atom is -0.492 e. The van der Waals surface area contributed by atoms with Gasteiger partial charge in [0.15, 0.2) is 10.1 Å². The van der Waals surface area contributed by atoms with Gasteiger partial charge in [0.2, 0.25) is 5.13 Å². The molecular weight excluding hydrogens is 330 g/mol. The lowest BCUT2D eigenvalue weighted by Crippen LogP contribution is -2.25. The zero-order chi connectivity index (χ0) is 16.9. The lowest BCUT2D eigenvalue weighted by Gasteiger charge is -2.18. The number of carbonyl (C=O) groups is 1. The number of carbonyl (C=O) groups excluding carboxylic acids is 1. The first-order valence-electron chi connectivity index (χ1n) is 7.32. The Bertz CT molecular complexity index is 665. The Balaban J connectivity index is 1.81. The molecule has 0 aliphatic carbocycles. The van der Waals surface area contributed by atoms with Gasteiger partial charge in [-0.3, -0.25) is 4.79 Å². The van der Waals surface area contributed by atoms with E-state index < -0.39 is 0 Å². The first-order valence-corrected chi connectivity index (χ1v) is 9.12. The Morgan fingerprint density at radius 3 is 2.74 bits per heavy atom. The molecule has 2 aromatic rings. The third-order valence-corrected chi connectivity index (χ3v) is 4.66. The molecule has 0 saturated heterocycles. The Morgan fingerprint density at radius 2 is 2.04 bits per heavy atom. The number of rotatable bonds is 7. The standard InChI is InChI=1S/C16H21N3O2S2/c1-11(20)12-7-5-6-8-13(12)21-9-10-22-15-19-18-14(23-15)17-16(2,3)4/h5-8H,9-10H2,1-4H3,(H,17,18). The number of hydrogen-bond acceptors (Lipinski definition) is 7. The number of nitrogens with zero attached hydrogens (tertiary/aromatic N) is 2. The van der Waals surface area contributed by atoms with Crippen molar-refractivity contribution in [3.63, 3.8) is 0 Å². The molecule has 1 aromatic carbocycles. The highest BCUT2D eigenvalue weighted by atomic mass is 32.2. The third-order valence-electron chi connectivity index (χ3n) is 2.72. The van der Waals surface area contributed by atoms with Crippen LogP contribution in [-0.2, 0) is 0 Å². The maximum atomic E-state index is 11.5. The number of ketones is 1. The normalized spacial score (nSPS) is 11.3. The molecule has 7 heteroatoms. The van der Waals surface area contributed by atoms with Crippen molar-refractivity contribution in [1.82, 2.24) is 10.2 Å². The molecule has 0 fully saturated rings. The van der Waals surface area contributed by atoms with E-state index in [1.165, 1.54) is 11.3 Å². The van der Waals surface area contributed by atoms with Gasteiger partial charge in [-0.05, 0) is 39.8 Å². The molecule has 0 amide bonds. The molecule has 0 radical (unpaired) electrons. The molecule has 0 atom stereocenters. The van der Waals surface area contributed by atoms with Crippen LogP contribution in [0.1, 0.15) is 38.1 Å². The number of nitrogens with one attached hydrogen (secondary N) is 1. The summed E-state index contributed by atoms with van der Waals surface area (Å²) in [5.41, 5.74) is 0.589. The highest BCUT2D eigenvalue weighted by molar-refractivity contribution is 8.01. The number of aromatic nitrogens is 2. The first kappa shape index (κ1) is 17.7. The Labute approximate surface area is 144 Å². The highest BCUT2D eigenvalue weighted by Gasteiger charge is 2.13. The van der Waals surface area contributed by atoms with Gasteiger partial charge in [-0.25, -0.2) is 0 Å². The second-order valence-electron chi connectivity index (χ2n) is 6.00. The molecule has 5 nitrogen and oxygen atoms in total. The fraction of sp³-hybridized carbons (Fsp3) is 0.438. The second-order valence-corrected chi connectivity index (χ2v) is 8.32. The van der Waals surface area contributed by atoms with E-state index >= 15 is 0 Å². The number of ether oxygens (including phenoxy) is 1. The number of Topliss-reactive ketones (excluding diaryl/α,β-unsaturated/α-hetero) is 1.